The minimum atomic E-state index is -4.16. The van der Waals surface area contributed by atoms with Gasteiger partial charge in [0, 0.05) is 34.9 Å². The standard InChI is InChI=1S/C36H43N2O13PS2/c1-35(2,3)51-34(44)38-26(40)16-17-37(33(38)43)30-29-28(49-36(4,5)50-29)27(48-30)25(39)22-52(45,46-18-20-53-31(41)23-12-8-6-9-13-23)47-19-21-54-32(42)24-14-10-7-11-15-24/h6-17,25,27-30,39H,18-22H2,1-5H3/t25-,27-,28-,29-,30-/m1/s1. The molecule has 1 aromatic heterocycles. The molecule has 2 saturated heterocycles. The van der Waals surface area contributed by atoms with Crippen LogP contribution in [0, 0.1) is 0 Å². The second-order valence-corrected chi connectivity index (χ2v) is 18.0. The molecule has 1 N–H and O–H groups in total. The zero-order chi connectivity index (χ0) is 39.3. The molecule has 0 unspecified atom stereocenters. The van der Waals surface area contributed by atoms with E-state index in [4.69, 9.17) is 28.0 Å². The number of rotatable bonds is 14. The summed E-state index contributed by atoms with van der Waals surface area (Å²) in [6.07, 6.45) is -6.85. The number of benzene rings is 2. The average Bonchev–Trinajstić information content (AvgIpc) is 3.61. The van der Waals surface area contributed by atoms with Gasteiger partial charge in [-0.1, -0.05) is 84.2 Å². The van der Waals surface area contributed by atoms with E-state index in [9.17, 15) is 33.6 Å². The first-order valence-electron chi connectivity index (χ1n) is 17.1. The maximum Gasteiger partial charge on any atom is 0.425 e. The van der Waals surface area contributed by atoms with Gasteiger partial charge in [-0.15, -0.1) is 0 Å². The number of aliphatic hydroxyl groups is 1. The molecule has 18 heteroatoms. The van der Waals surface area contributed by atoms with E-state index in [0.717, 1.165) is 40.4 Å². The van der Waals surface area contributed by atoms with Crippen LogP contribution in [0.3, 0.4) is 0 Å². The Morgan fingerprint density at radius 1 is 0.870 bits per heavy atom. The van der Waals surface area contributed by atoms with Gasteiger partial charge >= 0.3 is 19.4 Å². The number of aromatic nitrogens is 2. The first kappa shape index (κ1) is 41.8. The van der Waals surface area contributed by atoms with Crippen molar-refractivity contribution in [2.24, 2.45) is 0 Å². The molecule has 54 heavy (non-hydrogen) atoms. The zero-order valence-electron chi connectivity index (χ0n) is 30.4. The molecule has 0 spiro atoms. The quantitative estimate of drug-likeness (QED) is 0.170. The third-order valence-electron chi connectivity index (χ3n) is 7.94. The first-order valence-corrected chi connectivity index (χ1v) is 20.8. The van der Waals surface area contributed by atoms with Crippen LogP contribution in [0.1, 0.15) is 61.6 Å². The average molecular weight is 807 g/mol. The monoisotopic (exact) mass is 806 g/mol. The van der Waals surface area contributed by atoms with Crippen LogP contribution in [-0.2, 0) is 32.6 Å². The lowest BCUT2D eigenvalue weighted by Gasteiger charge is -2.28. The molecule has 5 rings (SSSR count). The number of ether oxygens (including phenoxy) is 4. The molecule has 0 amide bonds. The van der Waals surface area contributed by atoms with Crippen LogP contribution in [0.5, 0.6) is 0 Å². The Morgan fingerprint density at radius 2 is 1.39 bits per heavy atom. The highest BCUT2D eigenvalue weighted by atomic mass is 32.2. The van der Waals surface area contributed by atoms with Crippen molar-refractivity contribution in [2.45, 2.75) is 76.7 Å². The number of hydrogen-bond donors (Lipinski definition) is 1. The minimum absolute atomic E-state index is 0.118. The molecule has 5 atom stereocenters. The van der Waals surface area contributed by atoms with Crippen molar-refractivity contribution in [3.63, 3.8) is 0 Å². The van der Waals surface area contributed by atoms with Crippen molar-refractivity contribution < 1.29 is 52.1 Å². The van der Waals surface area contributed by atoms with Crippen LogP contribution in [0.25, 0.3) is 0 Å². The van der Waals surface area contributed by atoms with E-state index in [2.05, 4.69) is 0 Å². The van der Waals surface area contributed by atoms with Crippen LogP contribution < -0.4 is 11.2 Å². The summed E-state index contributed by atoms with van der Waals surface area (Å²) in [5, 5.41) is 11.2. The Balaban J connectivity index is 1.32. The van der Waals surface area contributed by atoms with Gasteiger partial charge in [-0.2, -0.15) is 4.57 Å². The van der Waals surface area contributed by atoms with Gasteiger partial charge in [-0.25, -0.2) is 9.59 Å². The van der Waals surface area contributed by atoms with Crippen molar-refractivity contribution in [1.82, 2.24) is 9.13 Å². The van der Waals surface area contributed by atoms with Crippen LogP contribution in [0.2, 0.25) is 0 Å². The highest BCUT2D eigenvalue weighted by Gasteiger charge is 2.58. The number of fused-ring (bicyclic) bond motifs is 1. The molecular formula is C36H43N2O13PS2. The molecule has 2 aliphatic rings. The van der Waals surface area contributed by atoms with E-state index in [1.54, 1.807) is 95.3 Å². The van der Waals surface area contributed by atoms with Crippen molar-refractivity contribution in [3.8, 4) is 0 Å². The molecule has 2 aromatic carbocycles. The third kappa shape index (κ3) is 10.7. The van der Waals surface area contributed by atoms with Crippen LogP contribution in [0.15, 0.2) is 82.5 Å². The van der Waals surface area contributed by atoms with Crippen molar-refractivity contribution in [3.05, 3.63) is 105 Å². The Kier molecular flexibility index (Phi) is 13.6. The van der Waals surface area contributed by atoms with E-state index < -0.39 is 73.1 Å². The predicted molar refractivity (Wildman–Crippen MR) is 201 cm³/mol. The Labute approximate surface area is 320 Å². The molecule has 3 aromatic rings. The summed E-state index contributed by atoms with van der Waals surface area (Å²) in [4.78, 5) is 64.3. The summed E-state index contributed by atoms with van der Waals surface area (Å²) >= 11 is 1.92. The van der Waals surface area contributed by atoms with Gasteiger partial charge in [0.25, 0.3) is 5.56 Å². The molecule has 2 aliphatic heterocycles. The maximum absolute atomic E-state index is 14.2. The highest BCUT2D eigenvalue weighted by Crippen LogP contribution is 2.51. The smallest absolute Gasteiger partial charge is 0.425 e. The topological polar surface area (TPSA) is 188 Å². The molecule has 0 radical (unpaired) electrons. The fraction of sp³-hybridized carbons (Fsp3) is 0.472. The second-order valence-electron chi connectivity index (χ2n) is 13.7. The van der Waals surface area contributed by atoms with Gasteiger partial charge in [0.1, 0.15) is 23.9 Å². The summed E-state index contributed by atoms with van der Waals surface area (Å²) < 4.78 is 50.6. The maximum atomic E-state index is 14.2. The van der Waals surface area contributed by atoms with E-state index in [0.29, 0.717) is 15.7 Å². The number of thioether (sulfide) groups is 2. The largest absolute Gasteiger partial charge is 0.443 e. The van der Waals surface area contributed by atoms with Gasteiger partial charge in [-0.05, 0) is 34.6 Å². The van der Waals surface area contributed by atoms with Gasteiger partial charge in [0.2, 0.25) is 10.2 Å². The van der Waals surface area contributed by atoms with Crippen LogP contribution in [-0.4, -0.2) is 97.2 Å². The SMILES string of the molecule is CC(C)(C)OC(=O)n1c(=O)ccn([C@@H]2O[C@H]([C@H](O)CP(=O)(OCCSC(=O)c3ccccc3)OCCSC(=O)c3ccccc3)[C@H]3OC(C)(C)O[C@H]32)c1=O. The number of aliphatic hydroxyl groups excluding tert-OH is 1. The van der Waals surface area contributed by atoms with Gasteiger partial charge in [0.05, 0.1) is 25.5 Å². The molecule has 3 heterocycles. The summed E-state index contributed by atoms with van der Waals surface area (Å²) in [6.45, 7) is 7.62. The zero-order valence-corrected chi connectivity index (χ0v) is 32.9. The van der Waals surface area contributed by atoms with E-state index in [-0.39, 0.29) is 35.0 Å². The van der Waals surface area contributed by atoms with Gasteiger partial charge in [0.15, 0.2) is 12.0 Å². The Hall–Kier alpha value is -3.38. The van der Waals surface area contributed by atoms with Crippen molar-refractivity contribution in [1.29, 1.82) is 0 Å². The molecule has 2 fully saturated rings. The molecule has 0 saturated carbocycles. The molecule has 0 aliphatic carbocycles. The van der Waals surface area contributed by atoms with Crippen molar-refractivity contribution in [2.75, 3.05) is 30.9 Å². The summed E-state index contributed by atoms with van der Waals surface area (Å²) in [6, 6.07) is 18.2. The Bertz CT molecular complexity index is 1900. The highest BCUT2D eigenvalue weighted by molar-refractivity contribution is 8.14. The fourth-order valence-electron chi connectivity index (χ4n) is 5.71. The molecule has 15 nitrogen and oxygen atoms in total. The first-order chi connectivity index (χ1) is 25.5. The lowest BCUT2D eigenvalue weighted by atomic mass is 10.1. The lowest BCUT2D eigenvalue weighted by molar-refractivity contribution is -0.206. The predicted octanol–water partition coefficient (Wildman–Crippen LogP) is 4.95. The van der Waals surface area contributed by atoms with E-state index in [1.165, 1.54) is 0 Å². The second kappa shape index (κ2) is 17.6. The molecule has 0 bridgehead atoms. The fourth-order valence-corrected chi connectivity index (χ4v) is 8.96. The number of nitrogens with zero attached hydrogens (tertiary/aromatic N) is 2. The summed E-state index contributed by atoms with van der Waals surface area (Å²) in [7, 11) is -4.16. The third-order valence-corrected chi connectivity index (χ3v) is 11.7. The molecule has 292 valence electrons. The number of hydrogen-bond acceptors (Lipinski definition) is 15. The minimum Gasteiger partial charge on any atom is -0.443 e. The summed E-state index contributed by atoms with van der Waals surface area (Å²) in [5.74, 6) is -0.973. The Morgan fingerprint density at radius 3 is 1.91 bits per heavy atom. The van der Waals surface area contributed by atoms with Gasteiger partial charge in [-0.3, -0.25) is 23.5 Å². The lowest BCUT2D eigenvalue weighted by Crippen LogP contribution is -2.47. The molecular weight excluding hydrogens is 764 g/mol. The van der Waals surface area contributed by atoms with Gasteiger partial charge < -0.3 is 33.1 Å². The van der Waals surface area contributed by atoms with Crippen LogP contribution in [0.4, 0.5) is 4.79 Å². The number of carbonyl (C=O) groups excluding carboxylic acids is 3. The number of carbonyl (C=O) groups is 3. The van der Waals surface area contributed by atoms with Crippen molar-refractivity contribution >= 4 is 47.4 Å². The van der Waals surface area contributed by atoms with Crippen LogP contribution >= 0.6 is 31.1 Å². The summed E-state index contributed by atoms with van der Waals surface area (Å²) in [5.41, 5.74) is -2.04. The normalized spacial score (nSPS) is 21.4. The van der Waals surface area contributed by atoms with E-state index in [1.807, 2.05) is 0 Å². The van der Waals surface area contributed by atoms with E-state index >= 15 is 0 Å².